The fourth-order valence-electron chi connectivity index (χ4n) is 0.948. The molecule has 0 fully saturated rings. The van der Waals surface area contributed by atoms with Gasteiger partial charge in [-0.15, -0.1) is 0 Å². The molecule has 86 valence electrons. The minimum atomic E-state index is -0.661. The molecule has 2 amide bonds. The summed E-state index contributed by atoms with van der Waals surface area (Å²) < 4.78 is 4.57. The van der Waals surface area contributed by atoms with E-state index in [-0.39, 0.29) is 17.3 Å². The first kappa shape index (κ1) is 12.6. The number of amides is 2. The second kappa shape index (κ2) is 5.55. The van der Waals surface area contributed by atoms with Crippen LogP contribution in [0.5, 0.6) is 0 Å². The maximum absolute atomic E-state index is 11.6. The first-order valence-electron chi connectivity index (χ1n) is 4.28. The van der Waals surface area contributed by atoms with Crippen LogP contribution in [0, 0.1) is 0 Å². The summed E-state index contributed by atoms with van der Waals surface area (Å²) in [6, 6.07) is 2.86. The lowest BCUT2D eigenvalue weighted by Gasteiger charge is -2.13. The topological polar surface area (TPSA) is 85.5 Å². The van der Waals surface area contributed by atoms with E-state index in [1.54, 1.807) is 0 Å². The van der Waals surface area contributed by atoms with Crippen molar-refractivity contribution in [3.8, 4) is 0 Å². The molecule has 2 N–H and O–H groups in total. The molecule has 1 aromatic heterocycles. The highest BCUT2D eigenvalue weighted by Crippen LogP contribution is 2.06. The van der Waals surface area contributed by atoms with Gasteiger partial charge < -0.3 is 4.74 Å². The van der Waals surface area contributed by atoms with Crippen LogP contribution in [-0.4, -0.2) is 35.5 Å². The highest BCUT2D eigenvalue weighted by Gasteiger charge is 2.19. The maximum atomic E-state index is 11.6. The zero-order chi connectivity index (χ0) is 12.1. The molecular weight excluding hydrogens is 234 g/mol. The molecule has 0 atom stereocenters. The van der Waals surface area contributed by atoms with Crippen LogP contribution >= 0.6 is 11.6 Å². The monoisotopic (exact) mass is 243 g/mol. The molecule has 1 aromatic rings. The fourth-order valence-corrected chi connectivity index (χ4v) is 1.06. The van der Waals surface area contributed by atoms with Gasteiger partial charge in [-0.1, -0.05) is 11.6 Å². The average Bonchev–Trinajstić information content (AvgIpc) is 2.28. The number of imide groups is 1. The molecule has 0 unspecified atom stereocenters. The lowest BCUT2D eigenvalue weighted by Crippen LogP contribution is -2.44. The highest BCUT2D eigenvalue weighted by molar-refractivity contribution is 6.29. The first-order valence-corrected chi connectivity index (χ1v) is 4.66. The normalized spacial score (nSPS) is 9.94. The molecule has 0 aliphatic heterocycles. The Morgan fingerprint density at radius 3 is 2.75 bits per heavy atom. The van der Waals surface area contributed by atoms with Crippen molar-refractivity contribution in [3.63, 3.8) is 0 Å². The summed E-state index contributed by atoms with van der Waals surface area (Å²) in [4.78, 5) is 26.6. The Kier molecular flexibility index (Phi) is 4.36. The maximum Gasteiger partial charge on any atom is 0.276 e. The van der Waals surface area contributed by atoms with Gasteiger partial charge in [-0.2, -0.15) is 0 Å². The Morgan fingerprint density at radius 1 is 1.56 bits per heavy atom. The van der Waals surface area contributed by atoms with Crippen molar-refractivity contribution in [2.45, 2.75) is 0 Å². The molecule has 0 aliphatic rings. The molecule has 0 saturated carbocycles. The van der Waals surface area contributed by atoms with E-state index in [2.05, 4.69) is 9.72 Å². The second-order valence-electron chi connectivity index (χ2n) is 2.87. The quantitative estimate of drug-likeness (QED) is 0.355. The summed E-state index contributed by atoms with van der Waals surface area (Å²) in [6.07, 6.45) is 1.24. The highest BCUT2D eigenvalue weighted by atomic mass is 35.5. The number of nitrogens with zero attached hydrogens (tertiary/aromatic N) is 2. The van der Waals surface area contributed by atoms with Gasteiger partial charge in [-0.3, -0.25) is 9.59 Å². The number of methoxy groups -OCH3 is 1. The number of nitrogens with two attached hydrogens (primary N) is 1. The fraction of sp³-hybridized carbons (Fsp3) is 0.222. The molecule has 0 saturated heterocycles. The van der Waals surface area contributed by atoms with Gasteiger partial charge in [0.15, 0.2) is 0 Å². The van der Waals surface area contributed by atoms with Crippen LogP contribution in [0.2, 0.25) is 5.15 Å². The molecule has 1 rings (SSSR count). The summed E-state index contributed by atoms with van der Waals surface area (Å²) in [7, 11) is 1.33. The zero-order valence-corrected chi connectivity index (χ0v) is 9.27. The lowest BCUT2D eigenvalue weighted by molar-refractivity contribution is -0.132. The third kappa shape index (κ3) is 2.99. The number of hydrogen-bond donors (Lipinski definition) is 1. The number of carbonyl (C=O) groups excluding carboxylic acids is 2. The number of hydrogen-bond acceptors (Lipinski definition) is 5. The summed E-state index contributed by atoms with van der Waals surface area (Å²) in [5.74, 6) is 4.01. The van der Waals surface area contributed by atoms with Gasteiger partial charge in [0.1, 0.15) is 11.8 Å². The van der Waals surface area contributed by atoms with Crippen molar-refractivity contribution >= 4 is 23.4 Å². The van der Waals surface area contributed by atoms with E-state index in [9.17, 15) is 9.59 Å². The number of halogens is 1. The molecule has 1 heterocycles. The minimum Gasteiger partial charge on any atom is -0.375 e. The van der Waals surface area contributed by atoms with Crippen molar-refractivity contribution < 1.29 is 14.3 Å². The Balaban J connectivity index is 2.78. The Bertz CT molecular complexity index is 393. The molecule has 0 aromatic carbocycles. The SMILES string of the molecule is COCC(=O)N(N)C(=O)c1ccc(Cl)nc1. The molecule has 0 radical (unpaired) electrons. The van der Waals surface area contributed by atoms with Crippen molar-refractivity contribution in [2.75, 3.05) is 13.7 Å². The van der Waals surface area contributed by atoms with Crippen molar-refractivity contribution in [1.29, 1.82) is 0 Å². The first-order chi connectivity index (χ1) is 7.56. The van der Waals surface area contributed by atoms with E-state index < -0.39 is 11.8 Å². The molecule has 7 heteroatoms. The van der Waals surface area contributed by atoms with Gasteiger partial charge >= 0.3 is 0 Å². The number of aromatic nitrogens is 1. The van der Waals surface area contributed by atoms with E-state index in [1.165, 1.54) is 25.4 Å². The van der Waals surface area contributed by atoms with E-state index in [0.717, 1.165) is 0 Å². The summed E-state index contributed by atoms with van der Waals surface area (Å²) in [5.41, 5.74) is 0.177. The van der Waals surface area contributed by atoms with Gasteiger partial charge in [0.25, 0.3) is 11.8 Å². The van der Waals surface area contributed by atoms with Crippen LogP contribution in [-0.2, 0) is 9.53 Å². The third-order valence-corrected chi connectivity index (χ3v) is 1.95. The Morgan fingerprint density at radius 2 is 2.25 bits per heavy atom. The van der Waals surface area contributed by atoms with Crippen LogP contribution < -0.4 is 5.84 Å². The van der Waals surface area contributed by atoms with E-state index in [4.69, 9.17) is 17.4 Å². The van der Waals surface area contributed by atoms with Crippen LogP contribution in [0.15, 0.2) is 18.3 Å². The van der Waals surface area contributed by atoms with Gasteiger partial charge in [-0.25, -0.2) is 15.8 Å². The lowest BCUT2D eigenvalue weighted by atomic mass is 10.2. The van der Waals surface area contributed by atoms with E-state index in [1.807, 2.05) is 0 Å². The third-order valence-electron chi connectivity index (χ3n) is 1.73. The van der Waals surface area contributed by atoms with Crippen LogP contribution in [0.1, 0.15) is 10.4 Å². The second-order valence-corrected chi connectivity index (χ2v) is 3.26. The van der Waals surface area contributed by atoms with Crippen LogP contribution in [0.3, 0.4) is 0 Å². The average molecular weight is 244 g/mol. The smallest absolute Gasteiger partial charge is 0.276 e. The summed E-state index contributed by atoms with van der Waals surface area (Å²) >= 11 is 5.55. The predicted molar refractivity (Wildman–Crippen MR) is 56.5 cm³/mol. The van der Waals surface area contributed by atoms with E-state index in [0.29, 0.717) is 5.01 Å². The minimum absolute atomic E-state index is 0.177. The Labute approximate surface area is 96.9 Å². The molecule has 0 aliphatic carbocycles. The largest absolute Gasteiger partial charge is 0.375 e. The van der Waals surface area contributed by atoms with Crippen molar-refractivity contribution in [3.05, 3.63) is 29.0 Å². The predicted octanol–water partition coefficient (Wildman–Crippen LogP) is 0.224. The molecule has 6 nitrogen and oxygen atoms in total. The Hall–Kier alpha value is -1.50. The van der Waals surface area contributed by atoms with Gasteiger partial charge in [0, 0.05) is 13.3 Å². The van der Waals surface area contributed by atoms with Crippen LogP contribution in [0.25, 0.3) is 0 Å². The number of hydrazine groups is 1. The summed E-state index contributed by atoms with van der Waals surface area (Å²) in [6.45, 7) is -0.261. The molecular formula is C9H10ClN3O3. The zero-order valence-electron chi connectivity index (χ0n) is 8.51. The molecule has 0 bridgehead atoms. The number of carbonyl (C=O) groups is 2. The van der Waals surface area contributed by atoms with Gasteiger partial charge in [0.2, 0.25) is 0 Å². The number of ether oxygens (including phenoxy) is 1. The van der Waals surface area contributed by atoms with Crippen molar-refractivity contribution in [1.82, 2.24) is 9.99 Å². The van der Waals surface area contributed by atoms with Gasteiger partial charge in [0.05, 0.1) is 5.56 Å². The summed E-state index contributed by atoms with van der Waals surface area (Å²) in [5, 5.41) is 0.734. The standard InChI is InChI=1S/C9H10ClN3O3/c1-16-5-8(14)13(11)9(15)6-2-3-7(10)12-4-6/h2-4H,5,11H2,1H3. The molecule has 0 spiro atoms. The van der Waals surface area contributed by atoms with Crippen LogP contribution in [0.4, 0.5) is 0 Å². The number of pyridine rings is 1. The van der Waals surface area contributed by atoms with E-state index >= 15 is 0 Å². The molecule has 16 heavy (non-hydrogen) atoms. The van der Waals surface area contributed by atoms with Crippen molar-refractivity contribution in [2.24, 2.45) is 5.84 Å². The van der Waals surface area contributed by atoms with Gasteiger partial charge in [-0.05, 0) is 12.1 Å². The number of rotatable bonds is 3.